The summed E-state index contributed by atoms with van der Waals surface area (Å²) in [5.41, 5.74) is 0.430. The summed E-state index contributed by atoms with van der Waals surface area (Å²) >= 11 is 0. The Morgan fingerprint density at radius 2 is 2.25 bits per heavy atom. The Labute approximate surface area is 93.6 Å². The largest absolute Gasteiger partial charge is 0.351 e. The molecule has 2 N–H and O–H groups in total. The zero-order chi connectivity index (χ0) is 11.8. The fraction of sp³-hybridized carbons (Fsp3) is 0.182. The summed E-state index contributed by atoms with van der Waals surface area (Å²) in [4.78, 5) is 26.4. The molecule has 1 rings (SSSR count). The van der Waals surface area contributed by atoms with Crippen LogP contribution in [0.25, 0.3) is 0 Å². The van der Waals surface area contributed by atoms with Gasteiger partial charge in [-0.15, -0.1) is 6.58 Å². The van der Waals surface area contributed by atoms with E-state index in [2.05, 4.69) is 22.2 Å². The van der Waals surface area contributed by atoms with Gasteiger partial charge in [-0.1, -0.05) is 6.08 Å². The average Bonchev–Trinajstić information content (AvgIpc) is 2.34. The van der Waals surface area contributed by atoms with Crippen LogP contribution in [0.15, 0.2) is 37.2 Å². The number of carbonyl (C=O) groups excluding carboxylic acids is 2. The van der Waals surface area contributed by atoms with E-state index in [1.54, 1.807) is 24.4 Å². The summed E-state index contributed by atoms with van der Waals surface area (Å²) in [6, 6.07) is 3.29. The van der Waals surface area contributed by atoms with E-state index in [0.29, 0.717) is 12.1 Å². The zero-order valence-electron chi connectivity index (χ0n) is 8.77. The fourth-order valence-corrected chi connectivity index (χ4v) is 1.01. The number of pyridine rings is 1. The van der Waals surface area contributed by atoms with Crippen LogP contribution in [0.1, 0.15) is 10.4 Å². The molecule has 0 aliphatic rings. The van der Waals surface area contributed by atoms with Crippen LogP contribution >= 0.6 is 0 Å². The molecule has 0 radical (unpaired) electrons. The number of hydrogen-bond acceptors (Lipinski definition) is 3. The maximum Gasteiger partial charge on any atom is 0.253 e. The van der Waals surface area contributed by atoms with Crippen LogP contribution in [0.3, 0.4) is 0 Å². The Kier molecular flexibility index (Phi) is 4.72. The molecule has 0 fully saturated rings. The lowest BCUT2D eigenvalue weighted by molar-refractivity contribution is -0.119. The van der Waals surface area contributed by atoms with E-state index < -0.39 is 0 Å². The topological polar surface area (TPSA) is 71.1 Å². The Balaban J connectivity index is 2.36. The monoisotopic (exact) mass is 219 g/mol. The summed E-state index contributed by atoms with van der Waals surface area (Å²) in [6.45, 7) is 3.80. The highest BCUT2D eigenvalue weighted by Gasteiger charge is 2.06. The van der Waals surface area contributed by atoms with Gasteiger partial charge in [-0.3, -0.25) is 14.6 Å². The summed E-state index contributed by atoms with van der Waals surface area (Å²) in [5.74, 6) is -0.570. The van der Waals surface area contributed by atoms with Gasteiger partial charge in [-0.2, -0.15) is 0 Å². The van der Waals surface area contributed by atoms with Gasteiger partial charge in [-0.05, 0) is 12.1 Å². The van der Waals surface area contributed by atoms with Crippen molar-refractivity contribution >= 4 is 11.8 Å². The third-order valence-electron chi connectivity index (χ3n) is 1.78. The number of nitrogens with one attached hydrogen (secondary N) is 2. The second-order valence-corrected chi connectivity index (χ2v) is 3.02. The van der Waals surface area contributed by atoms with Crippen molar-refractivity contribution in [3.05, 3.63) is 42.7 Å². The lowest BCUT2D eigenvalue weighted by Gasteiger charge is -2.04. The van der Waals surface area contributed by atoms with Crippen LogP contribution in [-0.2, 0) is 4.79 Å². The molecule has 0 spiro atoms. The molecule has 0 atom stereocenters. The van der Waals surface area contributed by atoms with E-state index in [1.165, 1.54) is 6.20 Å². The van der Waals surface area contributed by atoms with Crippen molar-refractivity contribution < 1.29 is 9.59 Å². The van der Waals surface area contributed by atoms with Crippen molar-refractivity contribution in [2.24, 2.45) is 0 Å². The second-order valence-electron chi connectivity index (χ2n) is 3.02. The van der Waals surface area contributed by atoms with Crippen molar-refractivity contribution in [1.29, 1.82) is 0 Å². The van der Waals surface area contributed by atoms with Gasteiger partial charge in [0.05, 0.1) is 12.1 Å². The van der Waals surface area contributed by atoms with Gasteiger partial charge >= 0.3 is 0 Å². The molecular weight excluding hydrogens is 206 g/mol. The van der Waals surface area contributed by atoms with Crippen LogP contribution in [0.4, 0.5) is 0 Å². The summed E-state index contributed by atoms with van der Waals surface area (Å²) in [6.07, 6.45) is 4.59. The summed E-state index contributed by atoms with van der Waals surface area (Å²) in [7, 11) is 0. The molecule has 0 aliphatic carbocycles. The van der Waals surface area contributed by atoms with Crippen molar-refractivity contribution in [3.8, 4) is 0 Å². The highest BCUT2D eigenvalue weighted by Crippen LogP contribution is 1.94. The molecule has 0 unspecified atom stereocenters. The van der Waals surface area contributed by atoms with Gasteiger partial charge in [0.25, 0.3) is 5.91 Å². The Bertz CT molecular complexity index is 376. The summed E-state index contributed by atoms with van der Waals surface area (Å²) < 4.78 is 0. The normalized spacial score (nSPS) is 9.25. The SMILES string of the molecule is C=CCNC(=O)CNC(=O)c1cccnc1. The molecule has 5 nitrogen and oxygen atoms in total. The quantitative estimate of drug-likeness (QED) is 0.691. The molecule has 1 aromatic rings. The molecule has 0 aromatic carbocycles. The minimum absolute atomic E-state index is 0.0540. The first-order chi connectivity index (χ1) is 7.74. The minimum atomic E-state index is -0.318. The predicted molar refractivity (Wildman–Crippen MR) is 59.8 cm³/mol. The first-order valence-electron chi connectivity index (χ1n) is 4.80. The van der Waals surface area contributed by atoms with E-state index in [9.17, 15) is 9.59 Å². The van der Waals surface area contributed by atoms with Gasteiger partial charge in [0.15, 0.2) is 0 Å². The Morgan fingerprint density at radius 3 is 2.88 bits per heavy atom. The first kappa shape index (κ1) is 11.9. The van der Waals surface area contributed by atoms with Gasteiger partial charge in [0, 0.05) is 18.9 Å². The van der Waals surface area contributed by atoms with Crippen molar-refractivity contribution in [2.45, 2.75) is 0 Å². The fourth-order valence-electron chi connectivity index (χ4n) is 1.01. The molecule has 2 amide bonds. The van der Waals surface area contributed by atoms with Crippen molar-refractivity contribution in [3.63, 3.8) is 0 Å². The number of rotatable bonds is 5. The van der Waals surface area contributed by atoms with E-state index in [1.807, 2.05) is 0 Å². The van der Waals surface area contributed by atoms with Gasteiger partial charge in [-0.25, -0.2) is 0 Å². The van der Waals surface area contributed by atoms with Gasteiger partial charge in [0.2, 0.25) is 5.91 Å². The number of aromatic nitrogens is 1. The van der Waals surface area contributed by atoms with E-state index in [0.717, 1.165) is 0 Å². The number of nitrogens with zero attached hydrogens (tertiary/aromatic N) is 1. The van der Waals surface area contributed by atoms with Crippen LogP contribution in [0, 0.1) is 0 Å². The molecule has 0 aliphatic heterocycles. The van der Waals surface area contributed by atoms with E-state index in [-0.39, 0.29) is 18.4 Å². The molecular formula is C11H13N3O2. The molecule has 0 saturated heterocycles. The van der Waals surface area contributed by atoms with Crippen molar-refractivity contribution in [1.82, 2.24) is 15.6 Å². The Hall–Kier alpha value is -2.17. The molecule has 84 valence electrons. The molecule has 1 heterocycles. The predicted octanol–water partition coefficient (Wildman–Crippen LogP) is 0.114. The van der Waals surface area contributed by atoms with Crippen LogP contribution in [0.5, 0.6) is 0 Å². The number of carbonyl (C=O) groups is 2. The zero-order valence-corrected chi connectivity index (χ0v) is 8.77. The van der Waals surface area contributed by atoms with Crippen molar-refractivity contribution in [2.75, 3.05) is 13.1 Å². The second kappa shape index (κ2) is 6.34. The first-order valence-corrected chi connectivity index (χ1v) is 4.80. The lowest BCUT2D eigenvalue weighted by Crippen LogP contribution is -2.36. The summed E-state index contributed by atoms with van der Waals surface area (Å²) in [5, 5.41) is 5.03. The molecule has 16 heavy (non-hydrogen) atoms. The lowest BCUT2D eigenvalue weighted by atomic mass is 10.3. The standard InChI is InChI=1S/C11H13N3O2/c1-2-5-13-10(15)8-14-11(16)9-4-3-6-12-7-9/h2-4,6-7H,1,5,8H2,(H,13,15)(H,14,16). The van der Waals surface area contributed by atoms with E-state index in [4.69, 9.17) is 0 Å². The third-order valence-corrected chi connectivity index (χ3v) is 1.78. The maximum absolute atomic E-state index is 11.5. The van der Waals surface area contributed by atoms with E-state index >= 15 is 0 Å². The smallest absolute Gasteiger partial charge is 0.253 e. The molecule has 5 heteroatoms. The van der Waals surface area contributed by atoms with Crippen LogP contribution < -0.4 is 10.6 Å². The third kappa shape index (κ3) is 3.91. The maximum atomic E-state index is 11.5. The van der Waals surface area contributed by atoms with Gasteiger partial charge < -0.3 is 10.6 Å². The highest BCUT2D eigenvalue weighted by molar-refractivity contribution is 5.96. The average molecular weight is 219 g/mol. The molecule has 1 aromatic heterocycles. The number of hydrogen-bond donors (Lipinski definition) is 2. The van der Waals surface area contributed by atoms with Gasteiger partial charge in [0.1, 0.15) is 0 Å². The van der Waals surface area contributed by atoms with Crippen LogP contribution in [-0.4, -0.2) is 29.9 Å². The van der Waals surface area contributed by atoms with Crippen LogP contribution in [0.2, 0.25) is 0 Å². The molecule has 0 bridgehead atoms. The highest BCUT2D eigenvalue weighted by atomic mass is 16.2. The minimum Gasteiger partial charge on any atom is -0.351 e. The Morgan fingerprint density at radius 1 is 1.44 bits per heavy atom. The number of amides is 2. The molecule has 0 saturated carbocycles.